The average Bonchev–Trinajstić information content (AvgIpc) is 3.52. The fourth-order valence-electron chi connectivity index (χ4n) is 3.51. The minimum absolute atomic E-state index is 0.189. The predicted octanol–water partition coefficient (Wildman–Crippen LogP) is 5.18. The van der Waals surface area contributed by atoms with Crippen LogP contribution in [0.15, 0.2) is 46.8 Å². The first-order valence-electron chi connectivity index (χ1n) is 10.5. The molecule has 1 atom stereocenters. The summed E-state index contributed by atoms with van der Waals surface area (Å²) in [6.07, 6.45) is -4.38. The third kappa shape index (κ3) is 5.77. The van der Waals surface area contributed by atoms with Crippen molar-refractivity contribution in [1.82, 2.24) is 9.71 Å². The van der Waals surface area contributed by atoms with Crippen molar-refractivity contribution in [3.63, 3.8) is 0 Å². The Morgan fingerprint density at radius 3 is 2.23 bits per heavy atom. The summed E-state index contributed by atoms with van der Waals surface area (Å²) in [7, 11) is -4.50. The Balaban J connectivity index is 1.55. The van der Waals surface area contributed by atoms with Gasteiger partial charge in [0.15, 0.2) is 23.3 Å². The highest BCUT2D eigenvalue weighted by atomic mass is 32.2. The Morgan fingerprint density at radius 2 is 1.62 bits per heavy atom. The molecule has 0 unspecified atom stereocenters. The highest BCUT2D eigenvalue weighted by molar-refractivity contribution is 7.91. The Morgan fingerprint density at radius 1 is 0.974 bits per heavy atom. The fourth-order valence-corrected chi connectivity index (χ4v) is 5.88. The van der Waals surface area contributed by atoms with Crippen LogP contribution in [-0.2, 0) is 27.4 Å². The number of carboxylic acids is 1. The molecule has 6 nitrogen and oxygen atoms in total. The van der Waals surface area contributed by atoms with E-state index in [0.717, 1.165) is 36.5 Å². The summed E-state index contributed by atoms with van der Waals surface area (Å²) < 4.78 is 121. The van der Waals surface area contributed by atoms with Gasteiger partial charge in [0, 0.05) is 23.6 Å². The summed E-state index contributed by atoms with van der Waals surface area (Å²) in [6, 6.07) is 4.43. The number of carbonyl (C=O) groups is 1. The molecule has 0 fully saturated rings. The number of sulfonamides is 1. The number of thiophene rings is 1. The lowest BCUT2D eigenvalue weighted by Gasteiger charge is -2.14. The monoisotopic (exact) mass is 590 g/mol. The van der Waals surface area contributed by atoms with Gasteiger partial charge in [0.25, 0.3) is 10.0 Å². The van der Waals surface area contributed by atoms with Crippen molar-refractivity contribution in [3.8, 4) is 11.8 Å². The summed E-state index contributed by atoms with van der Waals surface area (Å²) in [6.45, 7) is 0. The molecule has 4 aromatic rings. The molecule has 0 bridgehead atoms. The molecule has 204 valence electrons. The van der Waals surface area contributed by atoms with Crippen molar-refractivity contribution >= 4 is 38.2 Å². The number of carboxylic acid groups (broad SMARTS) is 1. The Kier molecular flexibility index (Phi) is 7.48. The largest absolute Gasteiger partial charge is 0.480 e. The van der Waals surface area contributed by atoms with Crippen molar-refractivity contribution in [2.75, 3.05) is 0 Å². The fraction of sp³-hybridized carbons (Fsp3) is 0.125. The molecule has 15 heteroatoms. The first kappa shape index (κ1) is 28.1. The number of aromatic amines is 1. The Hall–Kier alpha value is -3.87. The molecule has 0 aliphatic rings. The van der Waals surface area contributed by atoms with E-state index in [1.165, 1.54) is 6.07 Å². The van der Waals surface area contributed by atoms with Crippen molar-refractivity contribution in [1.29, 1.82) is 0 Å². The standard InChI is InChI=1S/C24H13F7N2O4S2/c25-18-17-12(10-32-22(17)21(28)20(27)19(18)26)9-15(23(34)35)33-39(36,37)16-8-7-14(38-16)6-3-11-1-4-13(5-2-11)24(29,30)31/h1-2,4-5,7-8,10,15,32-33H,9H2,(H,34,35)/t15-/m0/s1. The second-order valence-electron chi connectivity index (χ2n) is 7.98. The van der Waals surface area contributed by atoms with Crippen LogP contribution in [0.4, 0.5) is 30.7 Å². The number of hydrogen-bond donors (Lipinski definition) is 3. The number of nitrogens with one attached hydrogen (secondary N) is 2. The SMILES string of the molecule is O=C(O)[C@H](Cc1c[nH]c2c(F)c(F)c(F)c(F)c12)NS(=O)(=O)c1ccc(C#Cc2ccc(C(F)(F)F)cc2)s1. The predicted molar refractivity (Wildman–Crippen MR) is 125 cm³/mol. The quantitative estimate of drug-likeness (QED) is 0.125. The van der Waals surface area contributed by atoms with Crippen LogP contribution in [0.25, 0.3) is 10.9 Å². The number of fused-ring (bicyclic) bond motifs is 1. The average molecular weight is 590 g/mol. The number of H-pyrrole nitrogens is 1. The maximum atomic E-state index is 14.3. The van der Waals surface area contributed by atoms with Crippen LogP contribution in [0.5, 0.6) is 0 Å². The van der Waals surface area contributed by atoms with Crippen molar-refractivity contribution < 1.29 is 49.1 Å². The number of aromatic nitrogens is 1. The van der Waals surface area contributed by atoms with E-state index in [4.69, 9.17) is 0 Å². The van der Waals surface area contributed by atoms with Crippen LogP contribution in [0.3, 0.4) is 0 Å². The molecule has 0 aliphatic carbocycles. The summed E-state index contributed by atoms with van der Waals surface area (Å²) >= 11 is 0.635. The number of rotatable bonds is 6. The van der Waals surface area contributed by atoms with Gasteiger partial charge < -0.3 is 10.1 Å². The maximum Gasteiger partial charge on any atom is 0.416 e. The number of hydrogen-bond acceptors (Lipinski definition) is 4. The smallest absolute Gasteiger partial charge is 0.416 e. The van der Waals surface area contributed by atoms with Crippen LogP contribution >= 0.6 is 11.3 Å². The lowest BCUT2D eigenvalue weighted by Crippen LogP contribution is -2.42. The second-order valence-corrected chi connectivity index (χ2v) is 11.0. The van der Waals surface area contributed by atoms with Crippen molar-refractivity contribution in [2.24, 2.45) is 0 Å². The zero-order chi connectivity index (χ0) is 28.7. The van der Waals surface area contributed by atoms with E-state index in [2.05, 4.69) is 16.8 Å². The molecule has 0 amide bonds. The Bertz CT molecular complexity index is 1750. The highest BCUT2D eigenvalue weighted by Crippen LogP contribution is 2.31. The topological polar surface area (TPSA) is 99.3 Å². The van der Waals surface area contributed by atoms with Gasteiger partial charge in [0.1, 0.15) is 10.3 Å². The molecule has 2 heterocycles. The molecule has 0 radical (unpaired) electrons. The molecule has 0 saturated heterocycles. The third-order valence-corrected chi connectivity index (χ3v) is 8.35. The first-order valence-corrected chi connectivity index (χ1v) is 12.8. The summed E-state index contributed by atoms with van der Waals surface area (Å²) in [4.78, 5) is 14.1. The van der Waals surface area contributed by atoms with E-state index in [1.54, 1.807) is 0 Å². The molecule has 39 heavy (non-hydrogen) atoms. The van der Waals surface area contributed by atoms with Crippen LogP contribution in [0, 0.1) is 35.1 Å². The molecule has 0 aliphatic heterocycles. The lowest BCUT2D eigenvalue weighted by molar-refractivity contribution is -0.139. The third-order valence-electron chi connectivity index (χ3n) is 5.39. The van der Waals surface area contributed by atoms with Crippen LogP contribution in [0.1, 0.15) is 21.6 Å². The van der Waals surface area contributed by atoms with E-state index in [-0.39, 0.29) is 20.2 Å². The van der Waals surface area contributed by atoms with Crippen molar-refractivity contribution in [3.05, 3.63) is 87.4 Å². The second kappa shape index (κ2) is 10.4. The van der Waals surface area contributed by atoms with Gasteiger partial charge in [-0.3, -0.25) is 4.79 Å². The van der Waals surface area contributed by atoms with Gasteiger partial charge in [-0.05, 0) is 42.0 Å². The van der Waals surface area contributed by atoms with Gasteiger partial charge in [-0.25, -0.2) is 26.0 Å². The van der Waals surface area contributed by atoms with E-state index >= 15 is 0 Å². The number of benzene rings is 2. The van der Waals surface area contributed by atoms with E-state index in [1.807, 2.05) is 4.72 Å². The summed E-state index contributed by atoms with van der Waals surface area (Å²) in [5, 5.41) is 8.76. The molecule has 0 spiro atoms. The summed E-state index contributed by atoms with van der Waals surface area (Å²) in [5.74, 6) is -4.21. The molecule has 2 aromatic carbocycles. The zero-order valence-electron chi connectivity index (χ0n) is 19.0. The minimum atomic E-state index is -4.52. The normalized spacial score (nSPS) is 12.8. The van der Waals surface area contributed by atoms with E-state index in [9.17, 15) is 49.1 Å². The maximum absolute atomic E-state index is 14.3. The molecular formula is C24H13F7N2O4S2. The van der Waals surface area contributed by atoms with Crippen LogP contribution in [0.2, 0.25) is 0 Å². The van der Waals surface area contributed by atoms with Gasteiger partial charge in [-0.15, -0.1) is 11.3 Å². The molecule has 2 aromatic heterocycles. The molecule has 0 saturated carbocycles. The van der Waals surface area contributed by atoms with Gasteiger partial charge >= 0.3 is 12.1 Å². The zero-order valence-corrected chi connectivity index (χ0v) is 20.6. The lowest BCUT2D eigenvalue weighted by atomic mass is 10.0. The van der Waals surface area contributed by atoms with Gasteiger partial charge in [-0.1, -0.05) is 11.8 Å². The van der Waals surface area contributed by atoms with Crippen molar-refractivity contribution in [2.45, 2.75) is 22.8 Å². The van der Waals surface area contributed by atoms with E-state index < -0.39 is 74.4 Å². The Labute approximate surface area is 219 Å². The number of halogens is 7. The highest BCUT2D eigenvalue weighted by Gasteiger charge is 2.31. The molecule has 3 N–H and O–H groups in total. The number of aliphatic carboxylic acids is 1. The number of alkyl halides is 3. The minimum Gasteiger partial charge on any atom is -0.480 e. The van der Waals surface area contributed by atoms with E-state index in [0.29, 0.717) is 11.3 Å². The van der Waals surface area contributed by atoms with Gasteiger partial charge in [-0.2, -0.15) is 17.9 Å². The van der Waals surface area contributed by atoms with Gasteiger partial charge in [0.2, 0.25) is 0 Å². The van der Waals surface area contributed by atoms with Gasteiger partial charge in [0.05, 0.1) is 16.0 Å². The van der Waals surface area contributed by atoms with Crippen LogP contribution < -0.4 is 4.72 Å². The first-order chi connectivity index (χ1) is 18.2. The van der Waals surface area contributed by atoms with Crippen LogP contribution in [-0.4, -0.2) is 30.5 Å². The molecular weight excluding hydrogens is 577 g/mol. The molecule has 4 rings (SSSR count). The summed E-state index contributed by atoms with van der Waals surface area (Å²) in [5.41, 5.74) is -1.73.